The number of urea groups is 2. The number of hydrazone groups is 1. The summed E-state index contributed by atoms with van der Waals surface area (Å²) < 4.78 is 83.5. The van der Waals surface area contributed by atoms with E-state index in [2.05, 4.69) is 15.8 Å². The van der Waals surface area contributed by atoms with Gasteiger partial charge in [-0.05, 0) is 80.6 Å². The average molecular weight is 698 g/mol. The van der Waals surface area contributed by atoms with Gasteiger partial charge in [0.1, 0.15) is 17.2 Å². The molecule has 3 N–H and O–H groups in total. The Bertz CT molecular complexity index is 1770. The van der Waals surface area contributed by atoms with Crippen molar-refractivity contribution >= 4 is 47.5 Å². The largest absolute Gasteiger partial charge is 0.433 e. The number of allylic oxidation sites excluding steroid dienone is 1. The van der Waals surface area contributed by atoms with Crippen LogP contribution in [0.5, 0.6) is 0 Å². The lowest BCUT2D eigenvalue weighted by Gasteiger charge is -2.38. The molecule has 3 aromatic rings. The van der Waals surface area contributed by atoms with Gasteiger partial charge in [0.05, 0.1) is 22.7 Å². The summed E-state index contributed by atoms with van der Waals surface area (Å²) in [5, 5.41) is 27.7. The van der Waals surface area contributed by atoms with E-state index in [4.69, 9.17) is 4.42 Å². The van der Waals surface area contributed by atoms with Crippen LogP contribution in [0.4, 0.5) is 53.2 Å². The normalized spacial score (nSPS) is 16.4. The van der Waals surface area contributed by atoms with E-state index in [-0.39, 0.29) is 22.2 Å². The minimum atomic E-state index is -4.73. The predicted molar refractivity (Wildman–Crippen MR) is 159 cm³/mol. The lowest BCUT2D eigenvalue weighted by molar-refractivity contribution is -0.402. The SMILES string of the molecule is CC1(C)C(N(O)C(=O)Nc2ccc(C(F)(F)F)cc2)N(c2ccc(C(F)(F)F)cc2)C(=O)N1CC(=O)NN=CC=Cc1ccc([N+](=O)[O-])o1. The summed E-state index contributed by atoms with van der Waals surface area (Å²) in [6, 6.07) is 6.43. The number of halogens is 6. The van der Waals surface area contributed by atoms with Crippen LogP contribution in [-0.2, 0) is 17.1 Å². The van der Waals surface area contributed by atoms with E-state index in [1.807, 2.05) is 0 Å². The highest BCUT2D eigenvalue weighted by Crippen LogP contribution is 2.39. The van der Waals surface area contributed by atoms with Gasteiger partial charge < -0.3 is 14.6 Å². The van der Waals surface area contributed by atoms with Crippen molar-refractivity contribution in [3.8, 4) is 0 Å². The minimum Gasteiger partial charge on any atom is -0.401 e. The van der Waals surface area contributed by atoms with E-state index in [9.17, 15) is 56.0 Å². The maximum absolute atomic E-state index is 13.7. The molecule has 0 radical (unpaired) electrons. The van der Waals surface area contributed by atoms with Crippen molar-refractivity contribution in [2.45, 2.75) is 37.9 Å². The number of rotatable bonds is 9. The fourth-order valence-electron chi connectivity index (χ4n) is 4.71. The van der Waals surface area contributed by atoms with Gasteiger partial charge in [0.25, 0.3) is 5.91 Å². The summed E-state index contributed by atoms with van der Waals surface area (Å²) in [6.45, 7) is 1.95. The Kier molecular flexibility index (Phi) is 10.0. The number of benzene rings is 2. The maximum atomic E-state index is 13.7. The monoisotopic (exact) mass is 697 g/mol. The molecule has 1 fully saturated rings. The molecule has 2 aromatic carbocycles. The molecule has 0 spiro atoms. The second-order valence-corrected chi connectivity index (χ2v) is 10.8. The number of carbonyl (C=O) groups is 3. The van der Waals surface area contributed by atoms with Crippen molar-refractivity contribution in [2.75, 3.05) is 16.8 Å². The quantitative estimate of drug-likeness (QED) is 0.0772. The Morgan fingerprint density at radius 2 is 1.59 bits per heavy atom. The smallest absolute Gasteiger partial charge is 0.401 e. The van der Waals surface area contributed by atoms with Gasteiger partial charge in [-0.15, -0.1) is 0 Å². The molecule has 49 heavy (non-hydrogen) atoms. The number of furan rings is 1. The molecule has 20 heteroatoms. The van der Waals surface area contributed by atoms with Crippen molar-refractivity contribution in [3.63, 3.8) is 0 Å². The van der Waals surface area contributed by atoms with Crippen LogP contribution >= 0.6 is 0 Å². The molecule has 5 amide bonds. The van der Waals surface area contributed by atoms with Gasteiger partial charge in [-0.3, -0.25) is 25.0 Å². The van der Waals surface area contributed by atoms with Crippen LogP contribution in [-0.4, -0.2) is 62.5 Å². The molecule has 4 rings (SSSR count). The summed E-state index contributed by atoms with van der Waals surface area (Å²) in [5.74, 6) is -1.27. The Balaban J connectivity index is 1.55. The average Bonchev–Trinajstić information content (AvgIpc) is 3.57. The number of hydroxylamine groups is 2. The van der Waals surface area contributed by atoms with E-state index in [1.165, 1.54) is 32.1 Å². The zero-order valence-electron chi connectivity index (χ0n) is 25.2. The first-order valence-electron chi connectivity index (χ1n) is 13.8. The predicted octanol–water partition coefficient (Wildman–Crippen LogP) is 6.31. The van der Waals surface area contributed by atoms with Gasteiger partial charge in [0.15, 0.2) is 6.17 Å². The Labute approximate surface area is 272 Å². The fraction of sp³-hybridized carbons (Fsp3) is 0.241. The van der Waals surface area contributed by atoms with Crippen LogP contribution in [0.25, 0.3) is 6.08 Å². The van der Waals surface area contributed by atoms with Crippen molar-refractivity contribution in [3.05, 3.63) is 93.7 Å². The number of hydrogen-bond donors (Lipinski definition) is 3. The first-order chi connectivity index (χ1) is 22.8. The first kappa shape index (κ1) is 35.9. The molecule has 0 saturated carbocycles. The van der Waals surface area contributed by atoms with E-state index in [0.717, 1.165) is 46.3 Å². The number of nitrogens with one attached hydrogen (secondary N) is 2. The van der Waals surface area contributed by atoms with Crippen molar-refractivity contribution in [2.24, 2.45) is 5.10 Å². The van der Waals surface area contributed by atoms with Gasteiger partial charge in [-0.2, -0.15) is 36.5 Å². The zero-order chi connectivity index (χ0) is 36.3. The van der Waals surface area contributed by atoms with Crippen molar-refractivity contribution in [1.29, 1.82) is 0 Å². The molecule has 1 saturated heterocycles. The number of carbonyl (C=O) groups excluding carboxylic acids is 3. The van der Waals surface area contributed by atoms with Crippen LogP contribution in [0.1, 0.15) is 30.7 Å². The van der Waals surface area contributed by atoms with Gasteiger partial charge >= 0.3 is 30.3 Å². The van der Waals surface area contributed by atoms with E-state index in [1.54, 1.807) is 0 Å². The lowest BCUT2D eigenvalue weighted by atomic mass is 9.99. The second-order valence-electron chi connectivity index (χ2n) is 10.8. The standard InChI is InChI=1S/C29H25F6N7O7/c1-27(2)24(41(46)25(44)37-19-9-5-17(6-10-19)28(30,31)32)40(20-11-7-18(8-12-20)29(33,34)35)26(45)39(27)16-22(43)38-36-15-3-4-21-13-14-23(49-21)42(47)48/h3-15,24,46H,16H2,1-2H3,(H,37,44)(H,38,43). The first-order valence-corrected chi connectivity index (χ1v) is 13.8. The third-order valence-electron chi connectivity index (χ3n) is 7.09. The zero-order valence-corrected chi connectivity index (χ0v) is 25.2. The van der Waals surface area contributed by atoms with Crippen LogP contribution < -0.4 is 15.6 Å². The second kappa shape index (κ2) is 13.7. The summed E-state index contributed by atoms with van der Waals surface area (Å²) in [7, 11) is 0. The summed E-state index contributed by atoms with van der Waals surface area (Å²) >= 11 is 0. The van der Waals surface area contributed by atoms with Crippen LogP contribution in [0.2, 0.25) is 0 Å². The molecular formula is C29H25F6N7O7. The topological polar surface area (TPSA) is 174 Å². The van der Waals surface area contributed by atoms with Gasteiger partial charge in [-0.25, -0.2) is 15.0 Å². The van der Waals surface area contributed by atoms with Gasteiger partial charge in [0, 0.05) is 17.6 Å². The van der Waals surface area contributed by atoms with E-state index in [0.29, 0.717) is 24.3 Å². The number of hydrogen-bond acceptors (Lipinski definition) is 8. The number of amides is 5. The molecule has 1 unspecified atom stereocenters. The van der Waals surface area contributed by atoms with Crippen LogP contribution in [0.3, 0.4) is 0 Å². The van der Waals surface area contributed by atoms with Crippen LogP contribution in [0, 0.1) is 10.1 Å². The highest BCUT2D eigenvalue weighted by atomic mass is 19.4. The molecule has 14 nitrogen and oxygen atoms in total. The molecule has 0 bridgehead atoms. The number of nitro groups is 1. The third kappa shape index (κ3) is 8.15. The Hall–Kier alpha value is -5.92. The fourth-order valence-corrected chi connectivity index (χ4v) is 4.71. The molecule has 1 aromatic heterocycles. The van der Waals surface area contributed by atoms with Gasteiger partial charge in [-0.1, -0.05) is 0 Å². The number of nitrogens with zero attached hydrogens (tertiary/aromatic N) is 5. The number of alkyl halides is 6. The minimum absolute atomic E-state index is 0.0348. The maximum Gasteiger partial charge on any atom is 0.433 e. The van der Waals surface area contributed by atoms with Crippen molar-refractivity contribution in [1.82, 2.24) is 15.4 Å². The Morgan fingerprint density at radius 1 is 1.02 bits per heavy atom. The summed E-state index contributed by atoms with van der Waals surface area (Å²) in [4.78, 5) is 51.2. The highest BCUT2D eigenvalue weighted by molar-refractivity contribution is 6.00. The highest BCUT2D eigenvalue weighted by Gasteiger charge is 2.56. The molecular weight excluding hydrogens is 672 g/mol. The van der Waals surface area contributed by atoms with E-state index < -0.39 is 70.5 Å². The van der Waals surface area contributed by atoms with E-state index >= 15 is 0 Å². The van der Waals surface area contributed by atoms with Gasteiger partial charge in [0.2, 0.25) is 0 Å². The molecule has 260 valence electrons. The summed E-state index contributed by atoms with van der Waals surface area (Å²) in [5.41, 5.74) is -1.97. The Morgan fingerprint density at radius 3 is 2.12 bits per heavy atom. The molecule has 1 atom stereocenters. The molecule has 2 heterocycles. The third-order valence-corrected chi connectivity index (χ3v) is 7.09. The van der Waals surface area contributed by atoms with Crippen molar-refractivity contribution < 1.29 is 55.3 Å². The van der Waals surface area contributed by atoms with Crippen LogP contribution in [0.15, 0.2) is 76.3 Å². The molecule has 1 aliphatic heterocycles. The molecule has 1 aliphatic rings. The molecule has 0 aliphatic carbocycles. The number of anilines is 2. The lowest BCUT2D eigenvalue weighted by Crippen LogP contribution is -2.58. The summed E-state index contributed by atoms with van der Waals surface area (Å²) in [6.07, 6.45) is -7.44.